The molecule has 152 valence electrons. The van der Waals surface area contributed by atoms with Crippen molar-refractivity contribution in [3.8, 4) is 0 Å². The van der Waals surface area contributed by atoms with Crippen LogP contribution in [0.25, 0.3) is 0 Å². The number of anilines is 2. The van der Waals surface area contributed by atoms with Gasteiger partial charge in [0.05, 0.1) is 11.7 Å². The smallest absolute Gasteiger partial charge is 0.239 e. The molecule has 0 saturated carbocycles. The van der Waals surface area contributed by atoms with E-state index in [9.17, 15) is 9.59 Å². The summed E-state index contributed by atoms with van der Waals surface area (Å²) in [7, 11) is 0. The predicted octanol–water partition coefficient (Wildman–Crippen LogP) is 3.36. The lowest BCUT2D eigenvalue weighted by Crippen LogP contribution is -2.23. The van der Waals surface area contributed by atoms with E-state index in [0.29, 0.717) is 22.7 Å². The predicted molar refractivity (Wildman–Crippen MR) is 115 cm³/mol. The first-order chi connectivity index (χ1) is 14.0. The number of thiazole rings is 1. The van der Waals surface area contributed by atoms with Crippen molar-refractivity contribution in [2.24, 2.45) is 0 Å². The number of aryl methyl sites for hydroxylation is 1. The molecule has 1 atom stereocenters. The molecule has 0 aliphatic carbocycles. The number of aromatic nitrogens is 4. The number of hydrogen-bond donors (Lipinski definition) is 2. The van der Waals surface area contributed by atoms with Crippen molar-refractivity contribution in [1.29, 1.82) is 0 Å². The first kappa shape index (κ1) is 21.0. The molecule has 3 aromatic rings. The molecular weight excluding hydrogens is 408 g/mol. The Morgan fingerprint density at radius 1 is 1.24 bits per heavy atom. The summed E-state index contributed by atoms with van der Waals surface area (Å²) in [6, 6.07) is 7.61. The molecule has 0 radical (unpaired) electrons. The Balaban J connectivity index is 1.64. The fraction of sp³-hybridized carbons (Fsp3) is 0.316. The highest BCUT2D eigenvalue weighted by Crippen LogP contribution is 2.24. The Bertz CT molecular complexity index is 987. The number of amides is 2. The van der Waals surface area contributed by atoms with Crippen molar-refractivity contribution in [3.05, 3.63) is 47.2 Å². The van der Waals surface area contributed by atoms with Crippen molar-refractivity contribution < 1.29 is 9.59 Å². The molecule has 0 bridgehead atoms. The third-order valence-corrected chi connectivity index (χ3v) is 5.93. The lowest BCUT2D eigenvalue weighted by molar-refractivity contribution is -0.116. The Morgan fingerprint density at radius 3 is 2.72 bits per heavy atom. The zero-order valence-corrected chi connectivity index (χ0v) is 18.0. The minimum Gasteiger partial charge on any atom is -0.325 e. The van der Waals surface area contributed by atoms with Crippen molar-refractivity contribution in [2.75, 3.05) is 10.6 Å². The van der Waals surface area contributed by atoms with Gasteiger partial charge in [0.1, 0.15) is 5.82 Å². The van der Waals surface area contributed by atoms with Gasteiger partial charge in [-0.05, 0) is 32.4 Å². The molecule has 10 heteroatoms. The van der Waals surface area contributed by atoms with Gasteiger partial charge in [0.25, 0.3) is 0 Å². The fourth-order valence-corrected chi connectivity index (χ4v) is 4.07. The van der Waals surface area contributed by atoms with E-state index in [1.54, 1.807) is 18.5 Å². The molecule has 3 rings (SSSR count). The van der Waals surface area contributed by atoms with E-state index in [1.165, 1.54) is 23.1 Å². The lowest BCUT2D eigenvalue weighted by Gasteiger charge is -2.12. The van der Waals surface area contributed by atoms with Gasteiger partial charge < -0.3 is 15.2 Å². The van der Waals surface area contributed by atoms with Crippen LogP contribution in [0, 0.1) is 6.92 Å². The van der Waals surface area contributed by atoms with Crippen molar-refractivity contribution in [2.45, 2.75) is 44.1 Å². The van der Waals surface area contributed by atoms with Gasteiger partial charge in [0, 0.05) is 23.8 Å². The van der Waals surface area contributed by atoms with Crippen LogP contribution >= 0.6 is 23.1 Å². The van der Waals surface area contributed by atoms with Crippen LogP contribution in [-0.2, 0) is 22.6 Å². The zero-order chi connectivity index (χ0) is 20.8. The summed E-state index contributed by atoms with van der Waals surface area (Å²) in [6.07, 6.45) is 1.75. The molecule has 0 fully saturated rings. The first-order valence-corrected chi connectivity index (χ1v) is 10.9. The molecule has 2 N–H and O–H groups in total. The van der Waals surface area contributed by atoms with Gasteiger partial charge in [-0.1, -0.05) is 30.0 Å². The summed E-state index contributed by atoms with van der Waals surface area (Å²) in [5.41, 5.74) is 1.77. The second kappa shape index (κ2) is 9.66. The number of nitrogens with zero attached hydrogens (tertiary/aromatic N) is 4. The van der Waals surface area contributed by atoms with Gasteiger partial charge in [0.15, 0.2) is 10.3 Å². The number of thioether (sulfide) groups is 1. The molecule has 0 aliphatic rings. The van der Waals surface area contributed by atoms with Crippen LogP contribution < -0.4 is 10.6 Å². The molecule has 2 aromatic heterocycles. The third kappa shape index (κ3) is 5.42. The molecule has 29 heavy (non-hydrogen) atoms. The minimum atomic E-state index is -0.387. The van der Waals surface area contributed by atoms with Crippen LogP contribution in [0.3, 0.4) is 0 Å². The van der Waals surface area contributed by atoms with E-state index in [2.05, 4.69) is 25.8 Å². The molecule has 2 heterocycles. The Labute approximate surface area is 177 Å². The molecule has 0 spiro atoms. The largest absolute Gasteiger partial charge is 0.325 e. The van der Waals surface area contributed by atoms with E-state index in [-0.39, 0.29) is 23.5 Å². The third-order valence-electron chi connectivity index (χ3n) is 4.16. The number of carbonyl (C=O) groups is 2. The molecule has 8 nitrogen and oxygen atoms in total. The Hall–Kier alpha value is -2.72. The van der Waals surface area contributed by atoms with Gasteiger partial charge in [-0.15, -0.1) is 21.5 Å². The second-order valence-corrected chi connectivity index (χ2v) is 8.47. The van der Waals surface area contributed by atoms with Crippen molar-refractivity contribution in [1.82, 2.24) is 19.7 Å². The standard InChI is InChI=1S/C19H22N6O2S2/c1-4-25-15(11-16(26)21-14-8-6-5-7-12(14)2)23-24-19(25)29-13(3)17(27)22-18-20-9-10-28-18/h5-10,13H,4,11H2,1-3H3,(H,21,26)(H,20,22,27). The van der Waals surface area contributed by atoms with Crippen LogP contribution in [0.15, 0.2) is 41.0 Å². The summed E-state index contributed by atoms with van der Waals surface area (Å²) in [5, 5.41) is 16.6. The molecule has 0 aliphatic heterocycles. The number of benzene rings is 1. The van der Waals surface area contributed by atoms with Crippen LogP contribution in [-0.4, -0.2) is 36.8 Å². The molecule has 0 saturated heterocycles. The summed E-state index contributed by atoms with van der Waals surface area (Å²) in [4.78, 5) is 28.9. The summed E-state index contributed by atoms with van der Waals surface area (Å²) >= 11 is 2.67. The Morgan fingerprint density at radius 2 is 2.03 bits per heavy atom. The maximum atomic E-state index is 12.5. The van der Waals surface area contributed by atoms with Crippen LogP contribution in [0.2, 0.25) is 0 Å². The SMILES string of the molecule is CCn1c(CC(=O)Nc2ccccc2C)nnc1SC(C)C(=O)Nc1nccs1. The summed E-state index contributed by atoms with van der Waals surface area (Å²) < 4.78 is 1.86. The van der Waals surface area contributed by atoms with E-state index in [0.717, 1.165) is 11.3 Å². The highest BCUT2D eigenvalue weighted by molar-refractivity contribution is 8.00. The van der Waals surface area contributed by atoms with Crippen molar-refractivity contribution in [3.63, 3.8) is 0 Å². The van der Waals surface area contributed by atoms with Crippen molar-refractivity contribution >= 4 is 45.7 Å². The molecular formula is C19H22N6O2S2. The first-order valence-electron chi connectivity index (χ1n) is 9.12. The quantitative estimate of drug-likeness (QED) is 0.531. The van der Waals surface area contributed by atoms with Crippen LogP contribution in [0.4, 0.5) is 10.8 Å². The number of carbonyl (C=O) groups excluding carboxylic acids is 2. The summed E-state index contributed by atoms with van der Waals surface area (Å²) in [5.74, 6) is 0.246. The highest BCUT2D eigenvalue weighted by Gasteiger charge is 2.21. The maximum absolute atomic E-state index is 12.5. The van der Waals surface area contributed by atoms with Gasteiger partial charge in [-0.3, -0.25) is 9.59 Å². The zero-order valence-electron chi connectivity index (χ0n) is 16.4. The monoisotopic (exact) mass is 430 g/mol. The van der Waals surface area contributed by atoms with Gasteiger partial charge in [-0.2, -0.15) is 0 Å². The number of para-hydroxylation sites is 1. The number of rotatable bonds is 8. The van der Waals surface area contributed by atoms with Crippen LogP contribution in [0.1, 0.15) is 25.2 Å². The van der Waals surface area contributed by atoms with E-state index >= 15 is 0 Å². The molecule has 1 aromatic carbocycles. The van der Waals surface area contributed by atoms with Gasteiger partial charge >= 0.3 is 0 Å². The average molecular weight is 431 g/mol. The number of hydrogen-bond acceptors (Lipinski definition) is 7. The van der Waals surface area contributed by atoms with E-state index in [4.69, 9.17) is 0 Å². The second-order valence-electron chi connectivity index (χ2n) is 6.27. The van der Waals surface area contributed by atoms with Gasteiger partial charge in [-0.25, -0.2) is 4.98 Å². The lowest BCUT2D eigenvalue weighted by atomic mass is 10.2. The van der Waals surface area contributed by atoms with E-state index < -0.39 is 0 Å². The highest BCUT2D eigenvalue weighted by atomic mass is 32.2. The summed E-state index contributed by atoms with van der Waals surface area (Å²) in [6.45, 7) is 6.30. The Kier molecular flexibility index (Phi) is 6.99. The minimum absolute atomic E-state index is 0.107. The van der Waals surface area contributed by atoms with Crippen LogP contribution in [0.5, 0.6) is 0 Å². The topological polar surface area (TPSA) is 102 Å². The normalized spacial score (nSPS) is 11.8. The maximum Gasteiger partial charge on any atom is 0.239 e. The fourth-order valence-electron chi connectivity index (χ4n) is 2.61. The van der Waals surface area contributed by atoms with Gasteiger partial charge in [0.2, 0.25) is 11.8 Å². The van der Waals surface area contributed by atoms with E-state index in [1.807, 2.05) is 42.7 Å². The molecule has 1 unspecified atom stereocenters. The number of nitrogens with one attached hydrogen (secondary N) is 2. The molecule has 2 amide bonds. The average Bonchev–Trinajstić information content (AvgIpc) is 3.33.